The van der Waals surface area contributed by atoms with Crippen molar-refractivity contribution in [1.29, 1.82) is 0 Å². The van der Waals surface area contributed by atoms with Crippen LogP contribution in [-0.2, 0) is 0 Å². The lowest BCUT2D eigenvalue weighted by atomic mass is 9.84. The predicted octanol–water partition coefficient (Wildman–Crippen LogP) is 3.86. The molecule has 7 nitrogen and oxygen atoms in total. The molecule has 0 aliphatic carbocycles. The van der Waals surface area contributed by atoms with Crippen LogP contribution in [-0.4, -0.2) is 52.8 Å². The minimum atomic E-state index is -0.883. The number of phenols is 1. The molecule has 3 rings (SSSR count). The molecule has 0 spiro atoms. The summed E-state index contributed by atoms with van der Waals surface area (Å²) in [5.74, 6) is -0.0885. The van der Waals surface area contributed by atoms with Crippen LogP contribution < -0.4 is 10.2 Å². The van der Waals surface area contributed by atoms with E-state index < -0.39 is 6.09 Å². The van der Waals surface area contributed by atoms with E-state index in [1.54, 1.807) is 24.3 Å². The molecule has 2 aromatic rings. The monoisotopic (exact) mass is 397 g/mol. The number of hydrogen-bond donors (Lipinski definition) is 3. The molecule has 1 fully saturated rings. The Kier molecular flexibility index (Phi) is 5.68. The molecule has 3 N–H and O–H groups in total. The van der Waals surface area contributed by atoms with Crippen LogP contribution in [0.3, 0.4) is 0 Å². The van der Waals surface area contributed by atoms with Crippen molar-refractivity contribution in [2.24, 2.45) is 5.41 Å². The third-order valence-electron chi connectivity index (χ3n) is 5.25. The van der Waals surface area contributed by atoms with Crippen LogP contribution in [0.1, 0.15) is 31.1 Å². The quantitative estimate of drug-likeness (QED) is 0.684. The summed E-state index contributed by atoms with van der Waals surface area (Å²) in [4.78, 5) is 27.7. The average molecular weight is 397 g/mol. The normalized spacial score (nSPS) is 17.1. The summed E-state index contributed by atoms with van der Waals surface area (Å²) in [5.41, 5.74) is 1.92. The van der Waals surface area contributed by atoms with E-state index in [-0.39, 0.29) is 23.1 Å². The number of nitrogens with one attached hydrogen (secondary N) is 1. The molecular formula is C22H27N3O4. The second-order valence-electron chi connectivity index (χ2n) is 8.35. The molecule has 0 radical (unpaired) electrons. The van der Waals surface area contributed by atoms with Gasteiger partial charge in [0.15, 0.2) is 0 Å². The number of carbonyl (C=O) groups excluding carboxylic acids is 1. The van der Waals surface area contributed by atoms with Crippen molar-refractivity contribution in [2.75, 3.05) is 29.9 Å². The Hall–Kier alpha value is -3.22. The fourth-order valence-electron chi connectivity index (χ4n) is 3.56. The van der Waals surface area contributed by atoms with Crippen molar-refractivity contribution < 1.29 is 19.8 Å². The van der Waals surface area contributed by atoms with Crippen LogP contribution in [0, 0.1) is 5.41 Å². The average Bonchev–Trinajstić information content (AvgIpc) is 2.68. The number of anilines is 2. The van der Waals surface area contributed by atoms with E-state index >= 15 is 0 Å². The number of aromatic hydroxyl groups is 1. The largest absolute Gasteiger partial charge is 0.508 e. The number of carboxylic acid groups (broad SMARTS) is 1. The van der Waals surface area contributed by atoms with E-state index in [0.29, 0.717) is 30.9 Å². The predicted molar refractivity (Wildman–Crippen MR) is 113 cm³/mol. The van der Waals surface area contributed by atoms with Crippen molar-refractivity contribution in [3.05, 3.63) is 54.1 Å². The van der Waals surface area contributed by atoms with E-state index in [1.807, 2.05) is 32.9 Å². The van der Waals surface area contributed by atoms with Crippen LogP contribution in [0.25, 0.3) is 0 Å². The second-order valence-corrected chi connectivity index (χ2v) is 8.35. The molecule has 7 heteroatoms. The maximum absolute atomic E-state index is 12.4. The van der Waals surface area contributed by atoms with Crippen LogP contribution in [0.15, 0.2) is 48.5 Å². The first-order valence-corrected chi connectivity index (χ1v) is 9.60. The highest BCUT2D eigenvalue weighted by Gasteiger charge is 2.38. The Balaban J connectivity index is 1.70. The lowest BCUT2D eigenvalue weighted by Gasteiger charge is -2.46. The van der Waals surface area contributed by atoms with Crippen molar-refractivity contribution in [2.45, 2.75) is 26.8 Å². The van der Waals surface area contributed by atoms with Gasteiger partial charge in [0.25, 0.3) is 5.91 Å². The molecule has 1 heterocycles. The van der Waals surface area contributed by atoms with Gasteiger partial charge in [-0.1, -0.05) is 20.8 Å². The van der Waals surface area contributed by atoms with Crippen molar-refractivity contribution in [3.63, 3.8) is 0 Å². The van der Waals surface area contributed by atoms with E-state index in [4.69, 9.17) is 0 Å². The lowest BCUT2D eigenvalue weighted by molar-refractivity contribution is 0.0748. The number of phenolic OH excluding ortho intramolecular Hbond substituents is 1. The van der Waals surface area contributed by atoms with Crippen LogP contribution in [0.2, 0.25) is 0 Å². The molecule has 1 aliphatic rings. The minimum absolute atomic E-state index is 0.119. The maximum Gasteiger partial charge on any atom is 0.407 e. The molecule has 0 bridgehead atoms. The van der Waals surface area contributed by atoms with Gasteiger partial charge in [0.05, 0.1) is 6.04 Å². The molecular weight excluding hydrogens is 370 g/mol. The molecule has 1 unspecified atom stereocenters. The zero-order valence-electron chi connectivity index (χ0n) is 16.9. The van der Waals surface area contributed by atoms with E-state index in [0.717, 1.165) is 5.69 Å². The highest BCUT2D eigenvalue weighted by molar-refractivity contribution is 6.04. The standard InChI is InChI=1S/C22H27N3O4/c1-22(2,3)19-14-24(12-13-25(19)21(28)29)17-8-4-15(5-9-17)20(27)23-16-6-10-18(26)11-7-16/h4-11,19,26H,12-14H2,1-3H3,(H,23,27)(H,28,29). The number of amides is 2. The Labute approximate surface area is 170 Å². The fraction of sp³-hybridized carbons (Fsp3) is 0.364. The van der Waals surface area contributed by atoms with Gasteiger partial charge in [-0.05, 0) is 53.9 Å². The Bertz CT molecular complexity index is 872. The van der Waals surface area contributed by atoms with Gasteiger partial charge in [-0.15, -0.1) is 0 Å². The topological polar surface area (TPSA) is 93.1 Å². The van der Waals surface area contributed by atoms with Crippen LogP contribution in [0.5, 0.6) is 5.75 Å². The Morgan fingerprint density at radius 2 is 1.62 bits per heavy atom. The Morgan fingerprint density at radius 3 is 2.17 bits per heavy atom. The molecule has 1 atom stereocenters. The molecule has 154 valence electrons. The maximum atomic E-state index is 12.4. The van der Waals surface area contributed by atoms with Crippen LogP contribution in [0.4, 0.5) is 16.2 Å². The zero-order chi connectivity index (χ0) is 21.2. The third-order valence-corrected chi connectivity index (χ3v) is 5.25. The molecule has 1 saturated heterocycles. The highest BCUT2D eigenvalue weighted by atomic mass is 16.4. The van der Waals surface area contributed by atoms with Crippen molar-refractivity contribution in [1.82, 2.24) is 4.90 Å². The molecule has 0 aromatic heterocycles. The van der Waals surface area contributed by atoms with Gasteiger partial charge in [0.1, 0.15) is 5.75 Å². The molecule has 2 amide bonds. The summed E-state index contributed by atoms with van der Waals surface area (Å²) in [6, 6.07) is 13.5. The highest BCUT2D eigenvalue weighted by Crippen LogP contribution is 2.30. The van der Waals surface area contributed by atoms with E-state index in [2.05, 4.69) is 10.2 Å². The zero-order valence-corrected chi connectivity index (χ0v) is 16.9. The number of rotatable bonds is 3. The molecule has 0 saturated carbocycles. The summed E-state index contributed by atoms with van der Waals surface area (Å²) in [5, 5.41) is 21.6. The van der Waals surface area contributed by atoms with Gasteiger partial charge in [-0.3, -0.25) is 4.79 Å². The summed E-state index contributed by atoms with van der Waals surface area (Å²) in [6.07, 6.45) is -0.883. The molecule has 29 heavy (non-hydrogen) atoms. The summed E-state index contributed by atoms with van der Waals surface area (Å²) in [6.45, 7) is 7.81. The molecule has 2 aromatic carbocycles. The Morgan fingerprint density at radius 1 is 1.00 bits per heavy atom. The SMILES string of the molecule is CC(C)(C)C1CN(c2ccc(C(=O)Nc3ccc(O)cc3)cc2)CCN1C(=O)O. The minimum Gasteiger partial charge on any atom is -0.508 e. The van der Waals surface area contributed by atoms with Crippen molar-refractivity contribution in [3.8, 4) is 5.75 Å². The summed E-state index contributed by atoms with van der Waals surface area (Å²) < 4.78 is 0. The van der Waals surface area contributed by atoms with Crippen molar-refractivity contribution >= 4 is 23.4 Å². The second kappa shape index (κ2) is 8.03. The number of benzene rings is 2. The molecule has 1 aliphatic heterocycles. The summed E-state index contributed by atoms with van der Waals surface area (Å²) in [7, 11) is 0. The first-order valence-electron chi connectivity index (χ1n) is 9.60. The number of nitrogens with zero attached hydrogens (tertiary/aromatic N) is 2. The first-order chi connectivity index (χ1) is 13.6. The van der Waals surface area contributed by atoms with Gasteiger partial charge in [0, 0.05) is 36.6 Å². The van der Waals surface area contributed by atoms with Gasteiger partial charge in [0.2, 0.25) is 0 Å². The lowest BCUT2D eigenvalue weighted by Crippen LogP contribution is -2.59. The first kappa shape index (κ1) is 20.5. The van der Waals surface area contributed by atoms with Gasteiger partial charge >= 0.3 is 6.09 Å². The van der Waals surface area contributed by atoms with Crippen LogP contribution >= 0.6 is 0 Å². The smallest absolute Gasteiger partial charge is 0.407 e. The van der Waals surface area contributed by atoms with Gasteiger partial charge in [-0.2, -0.15) is 0 Å². The number of piperazine rings is 1. The van der Waals surface area contributed by atoms with E-state index in [9.17, 15) is 19.8 Å². The van der Waals surface area contributed by atoms with E-state index in [1.165, 1.54) is 17.0 Å². The summed E-state index contributed by atoms with van der Waals surface area (Å²) >= 11 is 0. The van der Waals surface area contributed by atoms with Gasteiger partial charge < -0.3 is 25.3 Å². The number of carbonyl (C=O) groups is 2. The third kappa shape index (κ3) is 4.80. The van der Waals surface area contributed by atoms with Gasteiger partial charge in [-0.25, -0.2) is 4.79 Å². The fourth-order valence-corrected chi connectivity index (χ4v) is 3.56. The number of hydrogen-bond acceptors (Lipinski definition) is 4.